The van der Waals surface area contributed by atoms with Gasteiger partial charge in [-0.15, -0.1) is 0 Å². The van der Waals surface area contributed by atoms with E-state index in [0.29, 0.717) is 5.56 Å². The first-order valence-electron chi connectivity index (χ1n) is 6.70. The lowest BCUT2D eigenvalue weighted by Crippen LogP contribution is -2.29. The van der Waals surface area contributed by atoms with Crippen LogP contribution in [0.15, 0.2) is 79.1 Å². The van der Waals surface area contributed by atoms with Gasteiger partial charge in [0.2, 0.25) is 12.4 Å². The number of nitrogens with zero attached hydrogens (tertiary/aromatic N) is 2. The van der Waals surface area contributed by atoms with Gasteiger partial charge in [0.1, 0.15) is 0 Å². The van der Waals surface area contributed by atoms with Crippen LogP contribution in [0.5, 0.6) is 0 Å². The normalized spacial score (nSPS) is 11.3. The Morgan fingerprint density at radius 1 is 0.857 bits per heavy atom. The van der Waals surface area contributed by atoms with Crippen molar-refractivity contribution in [2.45, 2.75) is 0 Å². The summed E-state index contributed by atoms with van der Waals surface area (Å²) in [6.07, 6.45) is 4.84. The molecule has 1 radical (unpaired) electrons. The van der Waals surface area contributed by atoms with Crippen LogP contribution in [0.25, 0.3) is 23.1 Å². The summed E-state index contributed by atoms with van der Waals surface area (Å²) in [7, 11) is 0. The van der Waals surface area contributed by atoms with E-state index in [0.717, 1.165) is 11.1 Å². The summed E-state index contributed by atoms with van der Waals surface area (Å²) in [5.41, 5.74) is 2.88. The molecule has 21 heavy (non-hydrogen) atoms. The first kappa shape index (κ1) is 13.1. The van der Waals surface area contributed by atoms with Crippen molar-refractivity contribution in [3.8, 4) is 11.1 Å². The molecule has 3 nitrogen and oxygen atoms in total. The highest BCUT2D eigenvalue weighted by Gasteiger charge is 2.07. The van der Waals surface area contributed by atoms with Gasteiger partial charge in [0.25, 0.3) is 5.76 Å². The van der Waals surface area contributed by atoms with E-state index in [9.17, 15) is 5.11 Å². The average molecular weight is 274 g/mol. The summed E-state index contributed by atoms with van der Waals surface area (Å²) < 4.78 is 1.51. The van der Waals surface area contributed by atoms with E-state index >= 15 is 0 Å². The quantitative estimate of drug-likeness (QED) is 0.532. The molecule has 3 heteroatoms. The Morgan fingerprint density at radius 2 is 1.57 bits per heavy atom. The van der Waals surface area contributed by atoms with Crippen LogP contribution in [0.3, 0.4) is 0 Å². The maximum absolute atomic E-state index is 12.1. The van der Waals surface area contributed by atoms with E-state index in [1.165, 1.54) is 10.9 Å². The second-order valence-electron chi connectivity index (χ2n) is 4.62. The Labute approximate surface area is 123 Å². The van der Waals surface area contributed by atoms with Gasteiger partial charge in [-0.1, -0.05) is 59.3 Å². The highest BCUT2D eigenvalue weighted by Crippen LogP contribution is 2.21. The second kappa shape index (κ2) is 6.01. The Morgan fingerprint density at radius 3 is 2.24 bits per heavy atom. The molecule has 0 fully saturated rings. The van der Waals surface area contributed by atoms with Crippen LogP contribution in [-0.4, -0.2) is 5.10 Å². The fourth-order valence-corrected chi connectivity index (χ4v) is 2.07. The molecule has 0 aliphatic rings. The fourth-order valence-electron chi connectivity index (χ4n) is 2.07. The van der Waals surface area contributed by atoms with Crippen molar-refractivity contribution < 1.29 is 9.79 Å². The Hall–Kier alpha value is -2.94. The minimum atomic E-state index is -0.0710. The van der Waals surface area contributed by atoms with E-state index in [-0.39, 0.29) is 5.76 Å². The third kappa shape index (κ3) is 3.15. The highest BCUT2D eigenvalue weighted by atomic mass is 16.3. The van der Waals surface area contributed by atoms with Crippen LogP contribution >= 0.6 is 0 Å². The molecule has 101 valence electrons. The number of rotatable bonds is 3. The zero-order valence-electron chi connectivity index (χ0n) is 11.4. The summed E-state index contributed by atoms with van der Waals surface area (Å²) in [6.45, 7) is 0. The third-order valence-corrected chi connectivity index (χ3v) is 3.16. The Balaban J connectivity index is 1.86. The van der Waals surface area contributed by atoms with E-state index in [1.807, 2.05) is 66.7 Å². The van der Waals surface area contributed by atoms with Gasteiger partial charge in [0.05, 0.1) is 6.20 Å². The summed E-state index contributed by atoms with van der Waals surface area (Å²) in [4.78, 5) is 0. The molecule has 0 aliphatic carbocycles. The summed E-state index contributed by atoms with van der Waals surface area (Å²) in [6, 6.07) is 21.3. The maximum atomic E-state index is 12.1. The van der Waals surface area contributed by atoms with Crippen molar-refractivity contribution in [1.29, 1.82) is 0 Å². The highest BCUT2D eigenvalue weighted by molar-refractivity contribution is 5.70. The van der Waals surface area contributed by atoms with Crippen molar-refractivity contribution in [3.63, 3.8) is 0 Å². The van der Waals surface area contributed by atoms with Crippen molar-refractivity contribution in [3.05, 3.63) is 84.7 Å². The minimum Gasteiger partial charge on any atom is -0.282 e. The van der Waals surface area contributed by atoms with Crippen molar-refractivity contribution in [1.82, 2.24) is 5.10 Å². The maximum Gasteiger partial charge on any atom is 0.251 e. The van der Waals surface area contributed by atoms with Crippen LogP contribution in [0.2, 0.25) is 0 Å². The molecule has 0 spiro atoms. The molecule has 3 rings (SSSR count). The first-order chi connectivity index (χ1) is 10.3. The smallest absolute Gasteiger partial charge is 0.251 e. The summed E-state index contributed by atoms with van der Waals surface area (Å²) in [5.74, 6) is -0.0710. The predicted octanol–water partition coefficient (Wildman–Crippen LogP) is 3.42. The zero-order chi connectivity index (χ0) is 14.5. The molecule has 0 saturated heterocycles. The molecular weight excluding hydrogens is 260 g/mol. The standard InChI is InChI=1S/C18H14N2O/c21-18(14-20-13-5-4-12-19-20)17-10-8-16(9-11-17)15-6-2-1-3-7-15/h1-14H/q+1. The number of benzene rings is 2. The van der Waals surface area contributed by atoms with Gasteiger partial charge in [-0.3, -0.25) is 5.11 Å². The number of aromatic nitrogens is 2. The molecule has 2 aromatic carbocycles. The van der Waals surface area contributed by atoms with Gasteiger partial charge in [0, 0.05) is 11.6 Å². The van der Waals surface area contributed by atoms with Gasteiger partial charge in [-0.2, -0.15) is 0 Å². The summed E-state index contributed by atoms with van der Waals surface area (Å²) in [5, 5.41) is 16.2. The van der Waals surface area contributed by atoms with Crippen LogP contribution in [-0.2, 0) is 5.11 Å². The molecule has 0 unspecified atom stereocenters. The SMILES string of the molecule is [O]C(=C[n+]1ccccn1)c1ccc(-c2ccccc2)cc1. The number of hydrogen-bond acceptors (Lipinski definition) is 1. The molecule has 1 heterocycles. The molecule has 0 atom stereocenters. The van der Waals surface area contributed by atoms with Crippen molar-refractivity contribution in [2.24, 2.45) is 0 Å². The Bertz CT molecular complexity index is 735. The molecule has 1 aromatic heterocycles. The van der Waals surface area contributed by atoms with Crippen LogP contribution in [0.4, 0.5) is 0 Å². The van der Waals surface area contributed by atoms with Gasteiger partial charge >= 0.3 is 0 Å². The van der Waals surface area contributed by atoms with Gasteiger partial charge in [0.15, 0.2) is 0 Å². The van der Waals surface area contributed by atoms with Crippen molar-refractivity contribution >= 4 is 12.0 Å². The van der Waals surface area contributed by atoms with E-state index in [2.05, 4.69) is 5.10 Å². The first-order valence-corrected chi connectivity index (χ1v) is 6.70. The van der Waals surface area contributed by atoms with Crippen LogP contribution in [0, 0.1) is 0 Å². The molecule has 3 aromatic rings. The van der Waals surface area contributed by atoms with Gasteiger partial charge in [-0.25, -0.2) is 0 Å². The molecular formula is C18H14N2O+. The third-order valence-electron chi connectivity index (χ3n) is 3.16. The fraction of sp³-hybridized carbons (Fsp3) is 0. The minimum absolute atomic E-state index is 0.0710. The van der Waals surface area contributed by atoms with Crippen LogP contribution < -0.4 is 4.68 Å². The van der Waals surface area contributed by atoms with E-state index in [1.54, 1.807) is 12.4 Å². The molecule has 0 saturated carbocycles. The second-order valence-corrected chi connectivity index (χ2v) is 4.62. The van der Waals surface area contributed by atoms with Crippen LogP contribution in [0.1, 0.15) is 5.56 Å². The molecule has 0 aliphatic heterocycles. The molecule has 0 N–H and O–H groups in total. The number of hydrogen-bond donors (Lipinski definition) is 0. The average Bonchev–Trinajstić information content (AvgIpc) is 2.57. The predicted molar refractivity (Wildman–Crippen MR) is 81.2 cm³/mol. The monoisotopic (exact) mass is 274 g/mol. The summed E-state index contributed by atoms with van der Waals surface area (Å²) >= 11 is 0. The van der Waals surface area contributed by atoms with Gasteiger partial charge < -0.3 is 0 Å². The lowest BCUT2D eigenvalue weighted by atomic mass is 10.0. The van der Waals surface area contributed by atoms with Gasteiger partial charge in [-0.05, 0) is 22.3 Å². The zero-order valence-corrected chi connectivity index (χ0v) is 11.4. The lowest BCUT2D eigenvalue weighted by molar-refractivity contribution is -0.634. The molecule has 0 bridgehead atoms. The topological polar surface area (TPSA) is 36.7 Å². The van der Waals surface area contributed by atoms with E-state index in [4.69, 9.17) is 0 Å². The van der Waals surface area contributed by atoms with E-state index < -0.39 is 0 Å². The van der Waals surface area contributed by atoms with Crippen molar-refractivity contribution in [2.75, 3.05) is 0 Å². The largest absolute Gasteiger partial charge is 0.282 e. The molecule has 0 amide bonds. The lowest BCUT2D eigenvalue weighted by Gasteiger charge is -2.02. The Kier molecular flexibility index (Phi) is 3.74.